The van der Waals surface area contributed by atoms with E-state index >= 15 is 0 Å². The minimum absolute atomic E-state index is 0.405. The molecule has 0 spiro atoms. The fraction of sp³-hybridized carbons (Fsp3) is 0.400. The standard InChI is InChI=1S/C10H12N4O2/c1-4-8-12-10-11-5-7(9(15)16-3)6(2)14(10)13-8/h5H,4H2,1-3H3. The molecule has 2 heterocycles. The lowest BCUT2D eigenvalue weighted by molar-refractivity contribution is 0.0598. The Hall–Kier alpha value is -1.98. The van der Waals surface area contributed by atoms with E-state index in [1.165, 1.54) is 13.3 Å². The third-order valence-electron chi connectivity index (χ3n) is 2.37. The van der Waals surface area contributed by atoms with E-state index in [-0.39, 0.29) is 0 Å². The smallest absolute Gasteiger partial charge is 0.341 e. The van der Waals surface area contributed by atoms with Gasteiger partial charge in [-0.05, 0) is 6.92 Å². The van der Waals surface area contributed by atoms with Crippen LogP contribution in [0.4, 0.5) is 0 Å². The van der Waals surface area contributed by atoms with Crippen molar-refractivity contribution in [3.63, 3.8) is 0 Å². The molecule has 0 aromatic carbocycles. The van der Waals surface area contributed by atoms with Crippen molar-refractivity contribution in [2.75, 3.05) is 7.11 Å². The van der Waals surface area contributed by atoms with Gasteiger partial charge < -0.3 is 4.74 Å². The summed E-state index contributed by atoms with van der Waals surface area (Å²) >= 11 is 0. The highest BCUT2D eigenvalue weighted by Gasteiger charge is 2.14. The van der Waals surface area contributed by atoms with Crippen LogP contribution in [0.1, 0.15) is 28.8 Å². The Balaban J connectivity index is 2.64. The van der Waals surface area contributed by atoms with Crippen molar-refractivity contribution in [1.29, 1.82) is 0 Å². The van der Waals surface area contributed by atoms with Gasteiger partial charge in [0.2, 0.25) is 0 Å². The van der Waals surface area contributed by atoms with E-state index < -0.39 is 5.97 Å². The van der Waals surface area contributed by atoms with E-state index in [1.807, 2.05) is 6.92 Å². The molecule has 0 radical (unpaired) electrons. The first kappa shape index (κ1) is 10.5. The zero-order valence-corrected chi connectivity index (χ0v) is 9.39. The largest absolute Gasteiger partial charge is 0.465 e. The van der Waals surface area contributed by atoms with Gasteiger partial charge in [-0.2, -0.15) is 4.98 Å². The van der Waals surface area contributed by atoms with Crippen LogP contribution >= 0.6 is 0 Å². The number of ether oxygens (including phenoxy) is 1. The van der Waals surface area contributed by atoms with Crippen LogP contribution in [0, 0.1) is 6.92 Å². The molecule has 2 rings (SSSR count). The molecule has 0 fully saturated rings. The molecule has 0 aliphatic carbocycles. The Labute approximate surface area is 92.3 Å². The molecule has 6 nitrogen and oxygen atoms in total. The molecule has 0 N–H and O–H groups in total. The van der Waals surface area contributed by atoms with Gasteiger partial charge in [-0.25, -0.2) is 14.3 Å². The minimum Gasteiger partial charge on any atom is -0.465 e. The second kappa shape index (κ2) is 3.88. The number of carbonyl (C=O) groups excluding carboxylic acids is 1. The number of hydrogen-bond acceptors (Lipinski definition) is 5. The van der Waals surface area contributed by atoms with Crippen molar-refractivity contribution >= 4 is 11.7 Å². The third kappa shape index (κ3) is 1.52. The minimum atomic E-state index is -0.416. The molecule has 0 bridgehead atoms. The highest BCUT2D eigenvalue weighted by Crippen LogP contribution is 2.09. The normalized spacial score (nSPS) is 10.7. The predicted molar refractivity (Wildman–Crippen MR) is 56.2 cm³/mol. The van der Waals surface area contributed by atoms with E-state index in [4.69, 9.17) is 0 Å². The molecule has 0 amide bonds. The molecule has 0 saturated carbocycles. The summed E-state index contributed by atoms with van der Waals surface area (Å²) in [5.41, 5.74) is 1.09. The average Bonchev–Trinajstić information content (AvgIpc) is 2.72. The number of rotatable bonds is 2. The lowest BCUT2D eigenvalue weighted by atomic mass is 10.2. The van der Waals surface area contributed by atoms with Crippen LogP contribution in [0.15, 0.2) is 6.20 Å². The monoisotopic (exact) mass is 220 g/mol. The molecule has 6 heteroatoms. The molecule has 0 atom stereocenters. The predicted octanol–water partition coefficient (Wildman–Crippen LogP) is 0.782. The van der Waals surface area contributed by atoms with Crippen LogP contribution < -0.4 is 0 Å². The highest BCUT2D eigenvalue weighted by molar-refractivity contribution is 5.90. The van der Waals surface area contributed by atoms with Crippen LogP contribution in [0.25, 0.3) is 5.78 Å². The molecular weight excluding hydrogens is 208 g/mol. The van der Waals surface area contributed by atoms with E-state index in [1.54, 1.807) is 11.4 Å². The van der Waals surface area contributed by atoms with E-state index in [9.17, 15) is 4.79 Å². The Morgan fingerprint density at radius 2 is 2.31 bits per heavy atom. The molecule has 84 valence electrons. The molecular formula is C10H12N4O2. The Kier molecular flexibility index (Phi) is 2.55. The van der Waals surface area contributed by atoms with Crippen molar-refractivity contribution in [3.05, 3.63) is 23.3 Å². The van der Waals surface area contributed by atoms with Crippen LogP contribution in [-0.2, 0) is 11.2 Å². The molecule has 0 saturated heterocycles. The number of fused-ring (bicyclic) bond motifs is 1. The van der Waals surface area contributed by atoms with Gasteiger partial charge in [0, 0.05) is 12.6 Å². The van der Waals surface area contributed by atoms with Gasteiger partial charge in [0.1, 0.15) is 0 Å². The Morgan fingerprint density at radius 1 is 1.56 bits per heavy atom. The first-order valence-electron chi connectivity index (χ1n) is 4.97. The van der Waals surface area contributed by atoms with Crippen LogP contribution in [0.5, 0.6) is 0 Å². The second-order valence-electron chi connectivity index (χ2n) is 3.34. The van der Waals surface area contributed by atoms with Crippen molar-refractivity contribution < 1.29 is 9.53 Å². The summed E-state index contributed by atoms with van der Waals surface area (Å²) in [5.74, 6) is 0.792. The molecule has 16 heavy (non-hydrogen) atoms. The molecule has 0 unspecified atom stereocenters. The van der Waals surface area contributed by atoms with Gasteiger partial charge >= 0.3 is 5.97 Å². The van der Waals surface area contributed by atoms with Crippen molar-refractivity contribution in [2.24, 2.45) is 0 Å². The fourth-order valence-corrected chi connectivity index (χ4v) is 1.44. The maximum atomic E-state index is 11.4. The lowest BCUT2D eigenvalue weighted by Crippen LogP contribution is -2.09. The van der Waals surface area contributed by atoms with Gasteiger partial charge in [-0.3, -0.25) is 0 Å². The third-order valence-corrected chi connectivity index (χ3v) is 2.37. The van der Waals surface area contributed by atoms with E-state index in [0.717, 1.165) is 6.42 Å². The van der Waals surface area contributed by atoms with E-state index in [0.29, 0.717) is 22.9 Å². The van der Waals surface area contributed by atoms with Crippen LogP contribution in [-0.4, -0.2) is 32.7 Å². The highest BCUT2D eigenvalue weighted by atomic mass is 16.5. The number of esters is 1. The molecule has 0 aliphatic heterocycles. The zero-order chi connectivity index (χ0) is 11.7. The topological polar surface area (TPSA) is 69.4 Å². The van der Waals surface area contributed by atoms with Gasteiger partial charge in [-0.1, -0.05) is 6.92 Å². The number of methoxy groups -OCH3 is 1. The van der Waals surface area contributed by atoms with Crippen LogP contribution in [0.3, 0.4) is 0 Å². The summed E-state index contributed by atoms with van der Waals surface area (Å²) in [6, 6.07) is 0. The maximum Gasteiger partial charge on any atom is 0.341 e. The van der Waals surface area contributed by atoms with Gasteiger partial charge in [0.25, 0.3) is 5.78 Å². The first-order valence-corrected chi connectivity index (χ1v) is 4.97. The number of aromatic nitrogens is 4. The van der Waals surface area contributed by atoms with Gasteiger partial charge in [0.05, 0.1) is 18.4 Å². The zero-order valence-electron chi connectivity index (χ0n) is 9.39. The maximum absolute atomic E-state index is 11.4. The summed E-state index contributed by atoms with van der Waals surface area (Å²) in [5, 5.41) is 4.24. The summed E-state index contributed by atoms with van der Waals surface area (Å²) in [6.07, 6.45) is 2.20. The molecule has 0 aliphatic rings. The molecule has 2 aromatic heterocycles. The summed E-state index contributed by atoms with van der Waals surface area (Å²) < 4.78 is 6.22. The Bertz CT molecular complexity index is 547. The van der Waals surface area contributed by atoms with Gasteiger partial charge in [0.15, 0.2) is 5.82 Å². The SMILES string of the molecule is CCc1nc2ncc(C(=O)OC)c(C)n2n1. The second-order valence-corrected chi connectivity index (χ2v) is 3.34. The number of carbonyl (C=O) groups is 1. The summed E-state index contributed by atoms with van der Waals surface area (Å²) in [7, 11) is 1.34. The quantitative estimate of drug-likeness (QED) is 0.699. The number of nitrogens with zero attached hydrogens (tertiary/aromatic N) is 4. The average molecular weight is 220 g/mol. The van der Waals surface area contributed by atoms with Crippen molar-refractivity contribution in [2.45, 2.75) is 20.3 Å². The van der Waals surface area contributed by atoms with Crippen molar-refractivity contribution in [1.82, 2.24) is 19.6 Å². The van der Waals surface area contributed by atoms with Gasteiger partial charge in [-0.15, -0.1) is 5.10 Å². The summed E-state index contributed by atoms with van der Waals surface area (Å²) in [6.45, 7) is 3.75. The molecule has 2 aromatic rings. The first-order chi connectivity index (χ1) is 7.67. The Morgan fingerprint density at radius 3 is 2.94 bits per heavy atom. The fourth-order valence-electron chi connectivity index (χ4n) is 1.44. The van der Waals surface area contributed by atoms with Crippen molar-refractivity contribution in [3.8, 4) is 0 Å². The number of hydrogen-bond donors (Lipinski definition) is 0. The summed E-state index contributed by atoms with van der Waals surface area (Å²) in [4.78, 5) is 19.7. The number of aryl methyl sites for hydroxylation is 2. The lowest BCUT2D eigenvalue weighted by Gasteiger charge is -2.03. The van der Waals surface area contributed by atoms with Crippen LogP contribution in [0.2, 0.25) is 0 Å². The van der Waals surface area contributed by atoms with E-state index in [2.05, 4.69) is 19.8 Å².